The maximum absolute atomic E-state index is 13.6. The number of aromatic nitrogens is 2. The van der Waals surface area contributed by atoms with Crippen molar-refractivity contribution < 1.29 is 9.53 Å². The summed E-state index contributed by atoms with van der Waals surface area (Å²) in [5.74, 6) is 0.736. The lowest BCUT2D eigenvalue weighted by Crippen LogP contribution is -2.31. The number of hydrogen-bond donors (Lipinski definition) is 0. The van der Waals surface area contributed by atoms with Gasteiger partial charge in [0.05, 0.1) is 23.4 Å². The van der Waals surface area contributed by atoms with E-state index in [1.165, 1.54) is 11.3 Å². The number of amides is 1. The molecule has 2 aromatic carbocycles. The van der Waals surface area contributed by atoms with E-state index in [4.69, 9.17) is 9.72 Å². The van der Waals surface area contributed by atoms with Gasteiger partial charge in [-0.25, -0.2) is 4.98 Å². The van der Waals surface area contributed by atoms with Crippen molar-refractivity contribution in [3.05, 3.63) is 83.2 Å². The zero-order chi connectivity index (χ0) is 21.1. The van der Waals surface area contributed by atoms with Crippen LogP contribution < -0.4 is 9.64 Å². The van der Waals surface area contributed by atoms with Gasteiger partial charge >= 0.3 is 0 Å². The highest BCUT2D eigenvalue weighted by atomic mass is 32.1. The van der Waals surface area contributed by atoms with Crippen LogP contribution in [0.1, 0.15) is 34.0 Å². The minimum atomic E-state index is -0.0690. The number of ether oxygens (including phenoxy) is 1. The van der Waals surface area contributed by atoms with Gasteiger partial charge in [-0.1, -0.05) is 35.1 Å². The second kappa shape index (κ2) is 8.63. The Bertz CT molecular complexity index is 1190. The summed E-state index contributed by atoms with van der Waals surface area (Å²) in [5, 5.41) is 0.660. The van der Waals surface area contributed by atoms with E-state index in [2.05, 4.69) is 4.98 Å². The van der Waals surface area contributed by atoms with E-state index in [0.717, 1.165) is 32.7 Å². The fourth-order valence-corrected chi connectivity index (χ4v) is 4.36. The van der Waals surface area contributed by atoms with E-state index in [0.29, 0.717) is 23.8 Å². The average Bonchev–Trinajstić information content (AvgIpc) is 3.15. The fraction of sp³-hybridized carbons (Fsp3) is 0.208. The summed E-state index contributed by atoms with van der Waals surface area (Å²) in [6, 6.07) is 15.6. The summed E-state index contributed by atoms with van der Waals surface area (Å²) in [4.78, 5) is 24.3. The van der Waals surface area contributed by atoms with E-state index in [1.807, 2.05) is 69.3 Å². The van der Waals surface area contributed by atoms with Gasteiger partial charge in [0.15, 0.2) is 5.13 Å². The van der Waals surface area contributed by atoms with Crippen molar-refractivity contribution >= 4 is 32.6 Å². The number of pyridine rings is 1. The summed E-state index contributed by atoms with van der Waals surface area (Å²) in [7, 11) is 0. The third kappa shape index (κ3) is 4.19. The second-order valence-electron chi connectivity index (χ2n) is 7.13. The van der Waals surface area contributed by atoms with Crippen LogP contribution in [0.2, 0.25) is 0 Å². The smallest absolute Gasteiger partial charge is 0.260 e. The molecule has 0 bridgehead atoms. The average molecular weight is 418 g/mol. The van der Waals surface area contributed by atoms with Gasteiger partial charge in [-0.2, -0.15) is 0 Å². The standard InChI is InChI=1S/C24H23N3O2S/c1-4-29-19-8-10-21-22(13-19)30-24(26-21)27(15-18-6-5-11-25-14-18)23(28)20-9-7-16(2)12-17(20)3/h5-14H,4,15H2,1-3H3. The molecule has 6 heteroatoms. The maximum atomic E-state index is 13.6. The van der Waals surface area contributed by atoms with Gasteiger partial charge in [0.2, 0.25) is 0 Å². The first-order valence-electron chi connectivity index (χ1n) is 9.86. The number of fused-ring (bicyclic) bond motifs is 1. The van der Waals surface area contributed by atoms with Crippen LogP contribution in [0.4, 0.5) is 5.13 Å². The molecule has 0 saturated heterocycles. The molecule has 0 radical (unpaired) electrons. The number of nitrogens with zero attached hydrogens (tertiary/aromatic N) is 3. The van der Waals surface area contributed by atoms with Gasteiger partial charge in [0, 0.05) is 18.0 Å². The van der Waals surface area contributed by atoms with Crippen molar-refractivity contribution in [1.29, 1.82) is 0 Å². The number of carbonyl (C=O) groups is 1. The Hall–Kier alpha value is -3.25. The number of thiazole rings is 1. The highest BCUT2D eigenvalue weighted by Gasteiger charge is 2.23. The number of aryl methyl sites for hydroxylation is 2. The van der Waals surface area contributed by atoms with Crippen molar-refractivity contribution in [3.63, 3.8) is 0 Å². The zero-order valence-corrected chi connectivity index (χ0v) is 18.1. The normalized spacial score (nSPS) is 10.9. The first-order valence-corrected chi connectivity index (χ1v) is 10.7. The molecule has 2 aromatic heterocycles. The highest BCUT2D eigenvalue weighted by molar-refractivity contribution is 7.22. The Morgan fingerprint density at radius 1 is 1.13 bits per heavy atom. The molecule has 0 fully saturated rings. The molecule has 0 saturated carbocycles. The third-order valence-electron chi connectivity index (χ3n) is 4.81. The van der Waals surface area contributed by atoms with Crippen molar-refractivity contribution in [1.82, 2.24) is 9.97 Å². The van der Waals surface area contributed by atoms with E-state index in [9.17, 15) is 4.79 Å². The minimum absolute atomic E-state index is 0.0690. The summed E-state index contributed by atoms with van der Waals surface area (Å²) in [6.07, 6.45) is 3.51. The van der Waals surface area contributed by atoms with Crippen LogP contribution in [-0.4, -0.2) is 22.5 Å². The Labute approximate surface area is 180 Å². The quantitative estimate of drug-likeness (QED) is 0.412. The Morgan fingerprint density at radius 2 is 2.00 bits per heavy atom. The van der Waals surface area contributed by atoms with Crippen LogP contribution in [0.25, 0.3) is 10.2 Å². The summed E-state index contributed by atoms with van der Waals surface area (Å²) in [5.41, 5.74) is 4.56. The number of benzene rings is 2. The van der Waals surface area contributed by atoms with Crippen molar-refractivity contribution in [3.8, 4) is 5.75 Å². The van der Waals surface area contributed by atoms with Crippen molar-refractivity contribution in [2.75, 3.05) is 11.5 Å². The van der Waals surface area contributed by atoms with Crippen LogP contribution in [0.5, 0.6) is 5.75 Å². The van der Waals surface area contributed by atoms with Gasteiger partial charge < -0.3 is 4.74 Å². The summed E-state index contributed by atoms with van der Waals surface area (Å²) in [6.45, 7) is 6.96. The Morgan fingerprint density at radius 3 is 2.73 bits per heavy atom. The van der Waals surface area contributed by atoms with E-state index < -0.39 is 0 Å². The van der Waals surface area contributed by atoms with Crippen LogP contribution >= 0.6 is 11.3 Å². The van der Waals surface area contributed by atoms with Crippen LogP contribution in [-0.2, 0) is 6.54 Å². The lowest BCUT2D eigenvalue weighted by atomic mass is 10.0. The molecule has 4 rings (SSSR count). The lowest BCUT2D eigenvalue weighted by molar-refractivity contribution is 0.0984. The molecule has 1 amide bonds. The molecule has 0 spiro atoms. The van der Waals surface area contributed by atoms with Crippen molar-refractivity contribution in [2.45, 2.75) is 27.3 Å². The zero-order valence-electron chi connectivity index (χ0n) is 17.3. The molecule has 0 aliphatic rings. The highest BCUT2D eigenvalue weighted by Crippen LogP contribution is 2.33. The molecule has 0 unspecified atom stereocenters. The van der Waals surface area contributed by atoms with Gasteiger partial charge in [-0.05, 0) is 62.2 Å². The van der Waals surface area contributed by atoms with Gasteiger partial charge in [0.25, 0.3) is 5.91 Å². The van der Waals surface area contributed by atoms with Gasteiger partial charge in [-0.3, -0.25) is 14.7 Å². The molecule has 4 aromatic rings. The molecule has 5 nitrogen and oxygen atoms in total. The topological polar surface area (TPSA) is 55.3 Å². The molecule has 0 N–H and O–H groups in total. The maximum Gasteiger partial charge on any atom is 0.260 e. The van der Waals surface area contributed by atoms with Crippen LogP contribution in [0.3, 0.4) is 0 Å². The molecule has 0 atom stereocenters. The van der Waals surface area contributed by atoms with E-state index in [-0.39, 0.29) is 5.91 Å². The minimum Gasteiger partial charge on any atom is -0.494 e. The summed E-state index contributed by atoms with van der Waals surface area (Å²) < 4.78 is 6.60. The summed E-state index contributed by atoms with van der Waals surface area (Å²) >= 11 is 1.49. The Kier molecular flexibility index (Phi) is 5.77. The molecule has 0 aliphatic carbocycles. The number of carbonyl (C=O) groups excluding carboxylic acids is 1. The van der Waals surface area contributed by atoms with E-state index >= 15 is 0 Å². The van der Waals surface area contributed by atoms with E-state index in [1.54, 1.807) is 17.3 Å². The molecule has 152 valence electrons. The van der Waals surface area contributed by atoms with Crippen molar-refractivity contribution in [2.24, 2.45) is 0 Å². The first kappa shape index (κ1) is 20.0. The molecule has 0 aliphatic heterocycles. The SMILES string of the molecule is CCOc1ccc2nc(N(Cc3cccnc3)C(=O)c3ccc(C)cc3C)sc2c1. The lowest BCUT2D eigenvalue weighted by Gasteiger charge is -2.21. The third-order valence-corrected chi connectivity index (χ3v) is 5.85. The molecule has 2 heterocycles. The molecule has 30 heavy (non-hydrogen) atoms. The number of rotatable bonds is 6. The second-order valence-corrected chi connectivity index (χ2v) is 8.14. The predicted molar refractivity (Wildman–Crippen MR) is 121 cm³/mol. The Balaban J connectivity index is 1.76. The van der Waals surface area contributed by atoms with Gasteiger partial charge in [0.1, 0.15) is 5.75 Å². The predicted octanol–water partition coefficient (Wildman–Crippen LogP) is 5.55. The van der Waals surface area contributed by atoms with Crippen LogP contribution in [0.15, 0.2) is 60.9 Å². The fourth-order valence-electron chi connectivity index (χ4n) is 3.36. The largest absolute Gasteiger partial charge is 0.494 e. The number of hydrogen-bond acceptors (Lipinski definition) is 5. The molecular weight excluding hydrogens is 394 g/mol. The van der Waals surface area contributed by atoms with Crippen LogP contribution in [0, 0.1) is 13.8 Å². The number of anilines is 1. The first-order chi connectivity index (χ1) is 14.5. The molecular formula is C24H23N3O2S. The monoisotopic (exact) mass is 417 g/mol. The van der Waals surface area contributed by atoms with Gasteiger partial charge in [-0.15, -0.1) is 0 Å².